The highest BCUT2D eigenvalue weighted by Gasteiger charge is 2.43. The van der Waals surface area contributed by atoms with Crippen molar-refractivity contribution < 1.29 is 18.0 Å². The highest BCUT2D eigenvalue weighted by Crippen LogP contribution is 2.36. The molecule has 0 bridgehead atoms. The number of alkyl halides is 3. The second-order valence-electron chi connectivity index (χ2n) is 10.9. The van der Waals surface area contributed by atoms with E-state index in [9.17, 15) is 18.0 Å². The van der Waals surface area contributed by atoms with Gasteiger partial charge in [-0.1, -0.05) is 18.6 Å². The van der Waals surface area contributed by atoms with Gasteiger partial charge in [0.1, 0.15) is 12.1 Å². The molecule has 1 aromatic carbocycles. The fourth-order valence-corrected chi connectivity index (χ4v) is 4.85. The number of carbonyl (C=O) groups is 1. The molecular formula is C30H33F3N8O. The van der Waals surface area contributed by atoms with Crippen LogP contribution in [0.3, 0.4) is 0 Å². The SMILES string of the molecule is C=C(C#CC1=NN(C2CC2)C2N=CN=CC12)/C=N\C=C(/C)C(=O)Nc1ccc(CN2CCN(C)CC2)c(C(F)(F)F)c1. The normalized spacial score (nSPS) is 23.0. The summed E-state index contributed by atoms with van der Waals surface area (Å²) in [5.74, 6) is 5.31. The van der Waals surface area contributed by atoms with Crippen LogP contribution in [-0.2, 0) is 17.5 Å². The molecule has 12 heteroatoms. The third-order valence-corrected chi connectivity index (χ3v) is 7.46. The first kappa shape index (κ1) is 29.4. The van der Waals surface area contributed by atoms with E-state index in [2.05, 4.69) is 48.7 Å². The summed E-state index contributed by atoms with van der Waals surface area (Å²) in [4.78, 5) is 29.5. The molecular weight excluding hydrogens is 545 g/mol. The molecule has 3 heterocycles. The topological polar surface area (TPSA) is 88.3 Å². The molecule has 2 fully saturated rings. The summed E-state index contributed by atoms with van der Waals surface area (Å²) in [6, 6.07) is 4.31. The predicted octanol–water partition coefficient (Wildman–Crippen LogP) is 3.81. The smallest absolute Gasteiger partial charge is 0.322 e. The van der Waals surface area contributed by atoms with Crippen molar-refractivity contribution in [3.05, 3.63) is 53.3 Å². The number of allylic oxidation sites excluding steroid dienone is 1. The number of anilines is 1. The molecule has 9 nitrogen and oxygen atoms in total. The molecule has 3 aliphatic heterocycles. The van der Waals surface area contributed by atoms with Crippen LogP contribution in [0.25, 0.3) is 0 Å². The molecule has 2 unspecified atom stereocenters. The number of rotatable bonds is 7. The Hall–Kier alpha value is -4.08. The van der Waals surface area contributed by atoms with E-state index < -0.39 is 17.6 Å². The number of hydrogen-bond acceptors (Lipinski definition) is 8. The number of hydrogen-bond donors (Lipinski definition) is 1. The third kappa shape index (κ3) is 7.21. The Labute approximate surface area is 243 Å². The van der Waals surface area contributed by atoms with Crippen LogP contribution in [0.4, 0.5) is 18.9 Å². The summed E-state index contributed by atoms with van der Waals surface area (Å²) in [6.45, 7) is 8.63. The van der Waals surface area contributed by atoms with Gasteiger partial charge in [-0.05, 0) is 50.4 Å². The van der Waals surface area contributed by atoms with Crippen molar-refractivity contribution in [1.29, 1.82) is 0 Å². The van der Waals surface area contributed by atoms with Crippen LogP contribution in [0.15, 0.2) is 62.2 Å². The monoisotopic (exact) mass is 578 g/mol. The number of likely N-dealkylation sites (N-methyl/N-ethyl adjacent to an activating group) is 1. The summed E-state index contributed by atoms with van der Waals surface area (Å²) < 4.78 is 41.6. The number of aliphatic imine (C=N–C) groups is 3. The number of piperazine rings is 1. The van der Waals surface area contributed by atoms with Crippen LogP contribution in [0.1, 0.15) is 30.9 Å². The molecule has 1 aliphatic carbocycles. The minimum atomic E-state index is -4.54. The lowest BCUT2D eigenvalue weighted by Crippen LogP contribution is -2.44. The molecule has 2 atom stereocenters. The van der Waals surface area contributed by atoms with Crippen molar-refractivity contribution in [3.63, 3.8) is 0 Å². The first-order chi connectivity index (χ1) is 20.1. The Bertz CT molecular complexity index is 1440. The summed E-state index contributed by atoms with van der Waals surface area (Å²) in [7, 11) is 1.99. The molecule has 1 amide bonds. The highest BCUT2D eigenvalue weighted by atomic mass is 19.4. The van der Waals surface area contributed by atoms with Gasteiger partial charge < -0.3 is 10.2 Å². The van der Waals surface area contributed by atoms with E-state index in [0.717, 1.165) is 32.0 Å². The maximum atomic E-state index is 13.9. The van der Waals surface area contributed by atoms with Gasteiger partial charge in [0.2, 0.25) is 0 Å². The first-order valence-corrected chi connectivity index (χ1v) is 13.8. The average Bonchev–Trinajstić information content (AvgIpc) is 3.74. The van der Waals surface area contributed by atoms with E-state index in [1.165, 1.54) is 31.5 Å². The van der Waals surface area contributed by atoms with Crippen molar-refractivity contribution in [2.45, 2.75) is 44.7 Å². The molecule has 4 aliphatic rings. The number of amides is 1. The minimum absolute atomic E-state index is 0.0629. The molecule has 1 saturated carbocycles. The average molecular weight is 579 g/mol. The molecule has 1 N–H and O–H groups in total. The zero-order valence-electron chi connectivity index (χ0n) is 23.6. The van der Waals surface area contributed by atoms with Crippen molar-refractivity contribution in [1.82, 2.24) is 14.8 Å². The van der Waals surface area contributed by atoms with E-state index in [4.69, 9.17) is 0 Å². The van der Waals surface area contributed by atoms with Gasteiger partial charge in [-0.25, -0.2) is 9.98 Å². The zero-order valence-corrected chi connectivity index (χ0v) is 23.6. The third-order valence-electron chi connectivity index (χ3n) is 7.46. The van der Waals surface area contributed by atoms with Crippen LogP contribution >= 0.6 is 0 Å². The first-order valence-electron chi connectivity index (χ1n) is 13.8. The Morgan fingerprint density at radius 2 is 2.00 bits per heavy atom. The predicted molar refractivity (Wildman–Crippen MR) is 159 cm³/mol. The standard InChI is InChI=1S/C30H33F3N8O/c1-20(4-9-27-25-17-35-19-36-28(25)41(38-27)24-7-8-24)15-34-16-21(2)29(42)37-23-6-5-22(26(14-23)30(31,32)33)18-40-12-10-39(3)11-13-40/h5-6,14-17,19,24-25,28H,1,7-8,10-13,18H2,2-3H3,(H,37,42)/b21-16+,34-15-. The number of carbonyl (C=O) groups excluding carboxylic acids is 1. The van der Waals surface area contributed by atoms with Gasteiger partial charge in [0, 0.05) is 74.2 Å². The second kappa shape index (κ2) is 12.4. The number of hydrazone groups is 1. The van der Waals surface area contributed by atoms with E-state index in [-0.39, 0.29) is 35.5 Å². The van der Waals surface area contributed by atoms with Crippen LogP contribution in [0.2, 0.25) is 0 Å². The van der Waals surface area contributed by atoms with Crippen LogP contribution in [-0.4, -0.2) is 90.6 Å². The maximum absolute atomic E-state index is 13.9. The molecule has 0 radical (unpaired) electrons. The quantitative estimate of drug-likeness (QED) is 0.303. The lowest BCUT2D eigenvalue weighted by molar-refractivity contribution is -0.138. The summed E-state index contributed by atoms with van der Waals surface area (Å²) in [6.07, 6.45) is 3.59. The molecule has 42 heavy (non-hydrogen) atoms. The van der Waals surface area contributed by atoms with Crippen molar-refractivity contribution in [2.75, 3.05) is 38.5 Å². The van der Waals surface area contributed by atoms with E-state index >= 15 is 0 Å². The van der Waals surface area contributed by atoms with Crippen molar-refractivity contribution >= 4 is 36.1 Å². The van der Waals surface area contributed by atoms with Gasteiger partial charge in [0.25, 0.3) is 5.91 Å². The van der Waals surface area contributed by atoms with E-state index in [1.54, 1.807) is 12.6 Å². The number of fused-ring (bicyclic) bond motifs is 1. The summed E-state index contributed by atoms with van der Waals surface area (Å²) in [5, 5.41) is 9.18. The van der Waals surface area contributed by atoms with E-state index in [0.29, 0.717) is 30.4 Å². The van der Waals surface area contributed by atoms with E-state index in [1.807, 2.05) is 17.0 Å². The minimum Gasteiger partial charge on any atom is -0.322 e. The highest BCUT2D eigenvalue weighted by molar-refractivity contribution is 6.13. The Morgan fingerprint density at radius 1 is 1.24 bits per heavy atom. The van der Waals surface area contributed by atoms with Gasteiger partial charge in [-0.15, -0.1) is 0 Å². The number of halogens is 3. The lowest BCUT2D eigenvalue weighted by atomic mass is 10.0. The Kier molecular flexibility index (Phi) is 8.70. The molecule has 220 valence electrons. The summed E-state index contributed by atoms with van der Waals surface area (Å²) >= 11 is 0. The van der Waals surface area contributed by atoms with Crippen LogP contribution in [0.5, 0.6) is 0 Å². The maximum Gasteiger partial charge on any atom is 0.416 e. The van der Waals surface area contributed by atoms with Gasteiger partial charge in [-0.3, -0.25) is 19.7 Å². The number of nitrogens with zero attached hydrogens (tertiary/aromatic N) is 7. The fourth-order valence-electron chi connectivity index (χ4n) is 4.85. The molecule has 1 aromatic rings. The van der Waals surface area contributed by atoms with Gasteiger partial charge in [0.05, 0.1) is 11.5 Å². The van der Waals surface area contributed by atoms with Crippen LogP contribution < -0.4 is 5.32 Å². The Balaban J connectivity index is 1.19. The second-order valence-corrected chi connectivity index (χ2v) is 10.9. The zero-order chi connectivity index (χ0) is 29.9. The van der Waals surface area contributed by atoms with Crippen molar-refractivity contribution in [2.24, 2.45) is 26.0 Å². The number of benzene rings is 1. The van der Waals surface area contributed by atoms with Crippen molar-refractivity contribution in [3.8, 4) is 11.8 Å². The lowest BCUT2D eigenvalue weighted by Gasteiger charge is -2.33. The molecule has 1 saturated heterocycles. The van der Waals surface area contributed by atoms with Gasteiger partial charge in [-0.2, -0.15) is 18.3 Å². The number of nitrogens with one attached hydrogen (secondary N) is 1. The van der Waals surface area contributed by atoms with Gasteiger partial charge in [0.15, 0.2) is 6.17 Å². The summed E-state index contributed by atoms with van der Waals surface area (Å²) in [5.41, 5.74) is 0.781. The molecule has 5 rings (SSSR count). The Morgan fingerprint density at radius 3 is 2.71 bits per heavy atom. The molecule has 0 aromatic heterocycles. The van der Waals surface area contributed by atoms with Crippen LogP contribution in [0, 0.1) is 17.8 Å². The molecule has 0 spiro atoms. The fraction of sp³-hybridized carbons (Fsp3) is 0.433. The van der Waals surface area contributed by atoms with Gasteiger partial charge >= 0.3 is 6.18 Å². The largest absolute Gasteiger partial charge is 0.416 e.